The first kappa shape index (κ1) is 18.9. The number of rotatable bonds is 7. The van der Waals surface area contributed by atoms with Crippen molar-refractivity contribution in [2.45, 2.75) is 32.4 Å². The summed E-state index contributed by atoms with van der Waals surface area (Å²) in [4.78, 5) is 19.7. The highest BCUT2D eigenvalue weighted by molar-refractivity contribution is 6.01. The summed E-state index contributed by atoms with van der Waals surface area (Å²) >= 11 is 0. The highest BCUT2D eigenvalue weighted by Gasteiger charge is 2.26. The molecule has 0 bridgehead atoms. The van der Waals surface area contributed by atoms with Gasteiger partial charge in [0.2, 0.25) is 5.91 Å². The first-order chi connectivity index (χ1) is 13.1. The normalized spacial score (nSPS) is 15.8. The second kappa shape index (κ2) is 8.66. The van der Waals surface area contributed by atoms with Crippen molar-refractivity contribution in [2.75, 3.05) is 13.7 Å². The molecule has 0 spiro atoms. The van der Waals surface area contributed by atoms with Gasteiger partial charge >= 0.3 is 0 Å². The zero-order valence-corrected chi connectivity index (χ0v) is 15.5. The van der Waals surface area contributed by atoms with Crippen LogP contribution in [-0.2, 0) is 16.2 Å². The van der Waals surface area contributed by atoms with Gasteiger partial charge in [-0.25, -0.2) is 4.39 Å². The van der Waals surface area contributed by atoms with Crippen molar-refractivity contribution >= 4 is 11.6 Å². The van der Waals surface area contributed by atoms with E-state index < -0.39 is 0 Å². The molecule has 1 heterocycles. The highest BCUT2D eigenvalue weighted by atomic mass is 19.1. The lowest BCUT2D eigenvalue weighted by Crippen LogP contribution is -2.36. The van der Waals surface area contributed by atoms with E-state index in [-0.39, 0.29) is 17.8 Å². The number of methoxy groups -OCH3 is 1. The number of carbonyl (C=O) groups is 1. The van der Waals surface area contributed by atoms with Gasteiger partial charge in [0.15, 0.2) is 6.10 Å². The fourth-order valence-electron chi connectivity index (χ4n) is 3.05. The van der Waals surface area contributed by atoms with Crippen LogP contribution in [-0.4, -0.2) is 36.3 Å². The standard InChI is InChI=1S/C21H23FN2O3/c1-3-21(25)24(13-15-5-4-6-18(11-15)26-2)14-19-12-20(23-27-19)16-7-9-17(22)10-8-16/h4-11,19H,3,12-14H2,1-2H3/t19-/m0/s1. The Balaban J connectivity index is 1.65. The number of halogens is 1. The van der Waals surface area contributed by atoms with Gasteiger partial charge in [0.25, 0.3) is 0 Å². The van der Waals surface area contributed by atoms with Crippen LogP contribution in [0, 0.1) is 5.82 Å². The molecule has 1 amide bonds. The SMILES string of the molecule is CCC(=O)N(Cc1cccc(OC)c1)C[C@@H]1CC(c2ccc(F)cc2)=NO1. The van der Waals surface area contributed by atoms with Crippen molar-refractivity contribution in [1.29, 1.82) is 0 Å². The van der Waals surface area contributed by atoms with Crippen molar-refractivity contribution in [3.8, 4) is 5.75 Å². The van der Waals surface area contributed by atoms with Crippen LogP contribution in [0.15, 0.2) is 53.7 Å². The summed E-state index contributed by atoms with van der Waals surface area (Å²) in [6.07, 6.45) is 0.783. The number of amides is 1. The van der Waals surface area contributed by atoms with Gasteiger partial charge in [-0.1, -0.05) is 36.3 Å². The average Bonchev–Trinajstić information content (AvgIpc) is 3.16. The Morgan fingerprint density at radius 3 is 2.78 bits per heavy atom. The van der Waals surface area contributed by atoms with Gasteiger partial charge in [0.1, 0.15) is 11.6 Å². The van der Waals surface area contributed by atoms with E-state index in [1.54, 1.807) is 24.1 Å². The van der Waals surface area contributed by atoms with Crippen molar-refractivity contribution in [1.82, 2.24) is 4.90 Å². The summed E-state index contributed by atoms with van der Waals surface area (Å²) in [6, 6.07) is 13.8. The highest BCUT2D eigenvalue weighted by Crippen LogP contribution is 2.20. The molecule has 0 saturated heterocycles. The maximum Gasteiger partial charge on any atom is 0.222 e. The van der Waals surface area contributed by atoms with E-state index in [4.69, 9.17) is 9.57 Å². The van der Waals surface area contributed by atoms with E-state index in [0.717, 1.165) is 22.6 Å². The predicted molar refractivity (Wildman–Crippen MR) is 101 cm³/mol. The molecule has 0 fully saturated rings. The van der Waals surface area contributed by atoms with Crippen molar-refractivity contribution < 1.29 is 18.8 Å². The van der Waals surface area contributed by atoms with Gasteiger partial charge in [0, 0.05) is 19.4 Å². The third-order valence-corrected chi connectivity index (χ3v) is 4.50. The van der Waals surface area contributed by atoms with Gasteiger partial charge in [0.05, 0.1) is 19.4 Å². The molecule has 6 heteroatoms. The summed E-state index contributed by atoms with van der Waals surface area (Å²) in [5.74, 6) is 0.528. The molecule has 142 valence electrons. The third kappa shape index (κ3) is 4.84. The van der Waals surface area contributed by atoms with Crippen LogP contribution < -0.4 is 4.74 Å². The molecule has 2 aromatic rings. The number of ether oxygens (including phenoxy) is 1. The lowest BCUT2D eigenvalue weighted by molar-refractivity contribution is -0.133. The van der Waals surface area contributed by atoms with Crippen LogP contribution in [0.3, 0.4) is 0 Å². The van der Waals surface area contributed by atoms with E-state index in [1.165, 1.54) is 12.1 Å². The molecule has 27 heavy (non-hydrogen) atoms. The van der Waals surface area contributed by atoms with Crippen LogP contribution in [0.4, 0.5) is 4.39 Å². The molecule has 0 N–H and O–H groups in total. The molecule has 0 unspecified atom stereocenters. The van der Waals surface area contributed by atoms with Crippen LogP contribution in [0.2, 0.25) is 0 Å². The van der Waals surface area contributed by atoms with E-state index in [0.29, 0.717) is 25.9 Å². The summed E-state index contributed by atoms with van der Waals surface area (Å²) in [5, 5.41) is 4.13. The molecule has 1 aliphatic rings. The topological polar surface area (TPSA) is 51.1 Å². The largest absolute Gasteiger partial charge is 0.497 e. The van der Waals surface area contributed by atoms with Gasteiger partial charge < -0.3 is 14.5 Å². The Morgan fingerprint density at radius 2 is 2.07 bits per heavy atom. The molecule has 0 aliphatic carbocycles. The first-order valence-corrected chi connectivity index (χ1v) is 8.98. The minimum Gasteiger partial charge on any atom is -0.497 e. The molecule has 3 rings (SSSR count). The molecular weight excluding hydrogens is 347 g/mol. The smallest absolute Gasteiger partial charge is 0.222 e. The first-order valence-electron chi connectivity index (χ1n) is 8.98. The van der Waals surface area contributed by atoms with Crippen molar-refractivity contribution in [3.63, 3.8) is 0 Å². The van der Waals surface area contributed by atoms with Gasteiger partial charge in [-0.15, -0.1) is 0 Å². The molecule has 5 nitrogen and oxygen atoms in total. The second-order valence-electron chi connectivity index (χ2n) is 6.46. The predicted octanol–water partition coefficient (Wildman–Crippen LogP) is 3.77. The minimum atomic E-state index is -0.284. The molecule has 0 radical (unpaired) electrons. The Kier molecular flexibility index (Phi) is 6.06. The number of hydrogen-bond donors (Lipinski definition) is 0. The lowest BCUT2D eigenvalue weighted by atomic mass is 10.0. The summed E-state index contributed by atoms with van der Waals surface area (Å²) < 4.78 is 18.3. The number of nitrogens with zero attached hydrogens (tertiary/aromatic N) is 2. The summed E-state index contributed by atoms with van der Waals surface area (Å²) in [5.41, 5.74) is 2.60. The summed E-state index contributed by atoms with van der Waals surface area (Å²) in [6.45, 7) is 2.77. The lowest BCUT2D eigenvalue weighted by Gasteiger charge is -2.24. The number of benzene rings is 2. The fourth-order valence-corrected chi connectivity index (χ4v) is 3.05. The second-order valence-corrected chi connectivity index (χ2v) is 6.46. The maximum atomic E-state index is 13.1. The van der Waals surface area contributed by atoms with Gasteiger partial charge in [-0.05, 0) is 35.4 Å². The van der Waals surface area contributed by atoms with E-state index in [1.807, 2.05) is 31.2 Å². The van der Waals surface area contributed by atoms with Gasteiger partial charge in [-0.2, -0.15) is 0 Å². The molecule has 0 aromatic heterocycles. The molecule has 0 saturated carbocycles. The Morgan fingerprint density at radius 1 is 1.30 bits per heavy atom. The molecule has 1 atom stereocenters. The van der Waals surface area contributed by atoms with Crippen LogP contribution in [0.25, 0.3) is 0 Å². The monoisotopic (exact) mass is 370 g/mol. The fraction of sp³-hybridized carbons (Fsp3) is 0.333. The Hall–Kier alpha value is -2.89. The summed E-state index contributed by atoms with van der Waals surface area (Å²) in [7, 11) is 1.62. The zero-order chi connectivity index (χ0) is 19.2. The maximum absolute atomic E-state index is 13.1. The van der Waals surface area contributed by atoms with Crippen molar-refractivity contribution in [3.05, 3.63) is 65.5 Å². The minimum absolute atomic E-state index is 0.0525. The van der Waals surface area contributed by atoms with Crippen LogP contribution >= 0.6 is 0 Å². The molecular formula is C21H23FN2O3. The Bertz CT molecular complexity index is 820. The Labute approximate surface area is 158 Å². The van der Waals surface area contributed by atoms with Crippen LogP contribution in [0.5, 0.6) is 5.75 Å². The zero-order valence-electron chi connectivity index (χ0n) is 15.5. The van der Waals surface area contributed by atoms with Gasteiger partial charge in [-0.3, -0.25) is 4.79 Å². The molecule has 2 aromatic carbocycles. The average molecular weight is 370 g/mol. The van der Waals surface area contributed by atoms with E-state index in [2.05, 4.69) is 5.16 Å². The quantitative estimate of drug-likeness (QED) is 0.746. The molecule has 1 aliphatic heterocycles. The van der Waals surface area contributed by atoms with E-state index >= 15 is 0 Å². The van der Waals surface area contributed by atoms with Crippen molar-refractivity contribution in [2.24, 2.45) is 5.16 Å². The third-order valence-electron chi connectivity index (χ3n) is 4.50. The van der Waals surface area contributed by atoms with Crippen LogP contribution in [0.1, 0.15) is 30.9 Å². The van der Waals surface area contributed by atoms with E-state index in [9.17, 15) is 9.18 Å². The number of oxime groups is 1. The number of hydrogen-bond acceptors (Lipinski definition) is 4. The number of carbonyl (C=O) groups excluding carboxylic acids is 1.